The number of hydrogen-bond acceptors (Lipinski definition) is 2. The topological polar surface area (TPSA) is 49.3 Å². The maximum Gasteiger partial charge on any atom is 0.416 e. The van der Waals surface area contributed by atoms with Crippen LogP contribution in [-0.2, 0) is 11.0 Å². The number of carboxylic acids is 1. The van der Waals surface area contributed by atoms with Gasteiger partial charge in [-0.2, -0.15) is 13.2 Å². The molecule has 0 spiro atoms. The van der Waals surface area contributed by atoms with Crippen LogP contribution in [0.2, 0.25) is 0 Å². The van der Waals surface area contributed by atoms with Crippen molar-refractivity contribution in [3.05, 3.63) is 35.4 Å². The summed E-state index contributed by atoms with van der Waals surface area (Å²) in [4.78, 5) is 10.9. The van der Waals surface area contributed by atoms with E-state index in [1.54, 1.807) is 0 Å². The molecule has 2 N–H and O–H groups in total. The predicted octanol–water partition coefficient (Wildman–Crippen LogP) is 3.25. The van der Waals surface area contributed by atoms with E-state index in [0.717, 1.165) is 12.1 Å². The SMILES string of the molecule is Cl.O=C(O)[C@@H]1CCN[C@H](c2ccc(C(F)(F)F)cc2)C1. The second-order valence-electron chi connectivity index (χ2n) is 4.69. The van der Waals surface area contributed by atoms with Crippen LogP contribution in [0.3, 0.4) is 0 Å². The lowest BCUT2D eigenvalue weighted by Crippen LogP contribution is -2.34. The molecule has 1 aliphatic rings. The third-order valence-corrected chi connectivity index (χ3v) is 3.39. The molecule has 20 heavy (non-hydrogen) atoms. The first-order chi connectivity index (χ1) is 8.88. The van der Waals surface area contributed by atoms with Gasteiger partial charge in [0.25, 0.3) is 0 Å². The fourth-order valence-corrected chi connectivity index (χ4v) is 2.30. The molecule has 1 aliphatic heterocycles. The van der Waals surface area contributed by atoms with Crippen LogP contribution in [-0.4, -0.2) is 17.6 Å². The Morgan fingerprint density at radius 1 is 1.25 bits per heavy atom. The summed E-state index contributed by atoms with van der Waals surface area (Å²) in [5.41, 5.74) is 0.000735. The lowest BCUT2D eigenvalue weighted by Gasteiger charge is -2.28. The van der Waals surface area contributed by atoms with Crippen LogP contribution >= 0.6 is 12.4 Å². The minimum absolute atomic E-state index is 0. The van der Waals surface area contributed by atoms with Crippen LogP contribution < -0.4 is 5.32 Å². The van der Waals surface area contributed by atoms with E-state index in [1.165, 1.54) is 12.1 Å². The maximum absolute atomic E-state index is 12.4. The zero-order valence-corrected chi connectivity index (χ0v) is 11.3. The molecule has 112 valence electrons. The van der Waals surface area contributed by atoms with Crippen molar-refractivity contribution < 1.29 is 23.1 Å². The predicted molar refractivity (Wildman–Crippen MR) is 69.8 cm³/mol. The average Bonchev–Trinajstić information content (AvgIpc) is 2.38. The summed E-state index contributed by atoms with van der Waals surface area (Å²) in [5, 5.41) is 12.1. The van der Waals surface area contributed by atoms with Gasteiger partial charge in [0.15, 0.2) is 0 Å². The number of carbonyl (C=O) groups is 1. The van der Waals surface area contributed by atoms with Crippen LogP contribution in [0.15, 0.2) is 24.3 Å². The monoisotopic (exact) mass is 309 g/mol. The lowest BCUT2D eigenvalue weighted by atomic mass is 9.88. The van der Waals surface area contributed by atoms with E-state index in [4.69, 9.17) is 5.11 Å². The van der Waals surface area contributed by atoms with Gasteiger partial charge in [0.1, 0.15) is 0 Å². The number of halogens is 4. The van der Waals surface area contributed by atoms with Gasteiger partial charge < -0.3 is 10.4 Å². The summed E-state index contributed by atoms with van der Waals surface area (Å²) < 4.78 is 37.3. The molecule has 2 rings (SSSR count). The van der Waals surface area contributed by atoms with Crippen LogP contribution in [0.25, 0.3) is 0 Å². The minimum Gasteiger partial charge on any atom is -0.481 e. The normalized spacial score (nSPS) is 22.9. The third kappa shape index (κ3) is 3.86. The van der Waals surface area contributed by atoms with E-state index in [0.29, 0.717) is 24.9 Å². The van der Waals surface area contributed by atoms with Crippen molar-refractivity contribution in [2.45, 2.75) is 25.1 Å². The highest BCUT2D eigenvalue weighted by atomic mass is 35.5. The molecule has 2 atom stereocenters. The largest absolute Gasteiger partial charge is 0.481 e. The molecule has 1 aromatic carbocycles. The molecule has 0 amide bonds. The fourth-order valence-electron chi connectivity index (χ4n) is 2.30. The van der Waals surface area contributed by atoms with Gasteiger partial charge in [0.2, 0.25) is 0 Å². The van der Waals surface area contributed by atoms with Crippen molar-refractivity contribution in [3.63, 3.8) is 0 Å². The van der Waals surface area contributed by atoms with E-state index in [-0.39, 0.29) is 18.4 Å². The molecule has 0 bridgehead atoms. The highest BCUT2D eigenvalue weighted by molar-refractivity contribution is 5.85. The van der Waals surface area contributed by atoms with Gasteiger partial charge in [-0.25, -0.2) is 0 Å². The first-order valence-corrected chi connectivity index (χ1v) is 6.01. The van der Waals surface area contributed by atoms with Crippen LogP contribution in [0, 0.1) is 5.92 Å². The third-order valence-electron chi connectivity index (χ3n) is 3.39. The highest BCUT2D eigenvalue weighted by Gasteiger charge is 2.31. The van der Waals surface area contributed by atoms with E-state index < -0.39 is 23.6 Å². The van der Waals surface area contributed by atoms with Crippen molar-refractivity contribution in [2.75, 3.05) is 6.54 Å². The van der Waals surface area contributed by atoms with E-state index in [1.807, 2.05) is 0 Å². The number of hydrogen-bond donors (Lipinski definition) is 2. The Hall–Kier alpha value is -1.27. The maximum atomic E-state index is 12.4. The molecule has 0 unspecified atom stereocenters. The second-order valence-corrected chi connectivity index (χ2v) is 4.69. The molecule has 0 aromatic heterocycles. The van der Waals surface area contributed by atoms with Crippen LogP contribution in [0.4, 0.5) is 13.2 Å². The summed E-state index contributed by atoms with van der Waals surface area (Å²) in [6, 6.07) is 4.68. The molecule has 7 heteroatoms. The van der Waals surface area contributed by atoms with Crippen molar-refractivity contribution in [3.8, 4) is 0 Å². The summed E-state index contributed by atoms with van der Waals surface area (Å²) in [6.07, 6.45) is -3.39. The second kappa shape index (κ2) is 6.45. The van der Waals surface area contributed by atoms with Crippen molar-refractivity contribution in [1.29, 1.82) is 0 Å². The Morgan fingerprint density at radius 2 is 1.85 bits per heavy atom. The van der Waals surface area contributed by atoms with Crippen LogP contribution in [0.5, 0.6) is 0 Å². The number of nitrogens with one attached hydrogen (secondary N) is 1. The Kier molecular flexibility index (Phi) is 5.42. The van der Waals surface area contributed by atoms with Crippen molar-refractivity contribution >= 4 is 18.4 Å². The number of aliphatic carboxylic acids is 1. The van der Waals surface area contributed by atoms with Crippen LogP contribution in [0.1, 0.15) is 30.0 Å². The number of rotatable bonds is 2. The Morgan fingerprint density at radius 3 is 2.35 bits per heavy atom. The van der Waals surface area contributed by atoms with Crippen molar-refractivity contribution in [2.24, 2.45) is 5.92 Å². The Bertz CT molecular complexity index is 462. The van der Waals surface area contributed by atoms with Gasteiger partial charge in [0.05, 0.1) is 11.5 Å². The lowest BCUT2D eigenvalue weighted by molar-refractivity contribution is -0.143. The molecular formula is C13H15ClF3NO2. The zero-order valence-electron chi connectivity index (χ0n) is 10.5. The van der Waals surface area contributed by atoms with Gasteiger partial charge in [0, 0.05) is 6.04 Å². The fraction of sp³-hybridized carbons (Fsp3) is 0.462. The van der Waals surface area contributed by atoms with E-state index in [2.05, 4.69) is 5.32 Å². The highest BCUT2D eigenvalue weighted by Crippen LogP contribution is 2.32. The van der Waals surface area contributed by atoms with Gasteiger partial charge in [-0.05, 0) is 37.1 Å². The number of piperidine rings is 1. The molecule has 0 saturated carbocycles. The molecule has 0 radical (unpaired) electrons. The van der Waals surface area contributed by atoms with E-state index >= 15 is 0 Å². The minimum atomic E-state index is -4.35. The number of benzene rings is 1. The molecule has 3 nitrogen and oxygen atoms in total. The Labute approximate surface area is 120 Å². The summed E-state index contributed by atoms with van der Waals surface area (Å²) in [6.45, 7) is 0.558. The Balaban J connectivity index is 0.00000200. The molecule has 1 fully saturated rings. The molecule has 1 heterocycles. The standard InChI is InChI=1S/C13H14F3NO2.ClH/c14-13(15,16)10-3-1-8(2-4-10)11-7-9(12(18)19)5-6-17-11;/h1-4,9,11,17H,5-7H2,(H,18,19);1H/t9-,11+;/m1./s1. The van der Waals surface area contributed by atoms with E-state index in [9.17, 15) is 18.0 Å². The first-order valence-electron chi connectivity index (χ1n) is 6.01. The molecule has 1 saturated heterocycles. The van der Waals surface area contributed by atoms with Gasteiger partial charge in [-0.1, -0.05) is 12.1 Å². The quantitative estimate of drug-likeness (QED) is 0.881. The number of alkyl halides is 3. The van der Waals surface area contributed by atoms with Gasteiger partial charge >= 0.3 is 12.1 Å². The first kappa shape index (κ1) is 16.8. The zero-order chi connectivity index (χ0) is 14.0. The van der Waals surface area contributed by atoms with Crippen molar-refractivity contribution in [1.82, 2.24) is 5.32 Å². The molecular weight excluding hydrogens is 295 g/mol. The summed E-state index contributed by atoms with van der Waals surface area (Å²) in [7, 11) is 0. The molecule has 0 aliphatic carbocycles. The summed E-state index contributed by atoms with van der Waals surface area (Å²) >= 11 is 0. The average molecular weight is 310 g/mol. The summed E-state index contributed by atoms with van der Waals surface area (Å²) in [5.74, 6) is -1.29. The van der Waals surface area contributed by atoms with Gasteiger partial charge in [-0.15, -0.1) is 12.4 Å². The molecule has 1 aromatic rings. The smallest absolute Gasteiger partial charge is 0.416 e. The number of carboxylic acid groups (broad SMARTS) is 1. The van der Waals surface area contributed by atoms with Gasteiger partial charge in [-0.3, -0.25) is 4.79 Å².